The minimum absolute atomic E-state index is 0.737. The summed E-state index contributed by atoms with van der Waals surface area (Å²) in [5.74, 6) is 0.854. The Morgan fingerprint density at radius 3 is 2.77 bits per heavy atom. The molecule has 3 rings (SSSR count). The van der Waals surface area contributed by atoms with E-state index in [9.17, 15) is 0 Å². The number of allylic oxidation sites excluding steroid dienone is 1. The van der Waals surface area contributed by atoms with Crippen molar-refractivity contribution in [1.29, 1.82) is 0 Å². The van der Waals surface area contributed by atoms with E-state index in [0.29, 0.717) is 0 Å². The third-order valence-corrected chi connectivity index (χ3v) is 4.48. The Morgan fingerprint density at radius 1 is 1.27 bits per heavy atom. The fourth-order valence-electron chi connectivity index (χ4n) is 3.13. The van der Waals surface area contributed by atoms with E-state index in [2.05, 4.69) is 45.9 Å². The second kappa shape index (κ2) is 8.63. The molecule has 136 valence electrons. The molecule has 1 aliphatic heterocycles. The summed E-state index contributed by atoms with van der Waals surface area (Å²) in [6.45, 7) is 9.70. The highest BCUT2D eigenvalue weighted by atomic mass is 16.5. The Bertz CT molecular complexity index is 837. The number of nitrogens with zero attached hydrogens (tertiary/aromatic N) is 3. The maximum Gasteiger partial charge on any atom is 0.119 e. The number of ether oxygens (including phenoxy) is 2. The van der Waals surface area contributed by atoms with Crippen LogP contribution in [0.5, 0.6) is 5.75 Å². The van der Waals surface area contributed by atoms with Gasteiger partial charge in [0.2, 0.25) is 0 Å². The monoisotopic (exact) mass is 351 g/mol. The van der Waals surface area contributed by atoms with Gasteiger partial charge in [0.15, 0.2) is 0 Å². The van der Waals surface area contributed by atoms with Crippen LogP contribution in [0.15, 0.2) is 46.4 Å². The lowest BCUT2D eigenvalue weighted by Gasteiger charge is -2.30. The first kappa shape index (κ1) is 18.1. The van der Waals surface area contributed by atoms with E-state index in [0.717, 1.165) is 55.2 Å². The number of rotatable bonds is 6. The smallest absolute Gasteiger partial charge is 0.119 e. The molecule has 0 aliphatic carbocycles. The van der Waals surface area contributed by atoms with Crippen LogP contribution in [0.4, 0.5) is 5.69 Å². The van der Waals surface area contributed by atoms with Gasteiger partial charge in [0.05, 0.1) is 26.0 Å². The molecule has 2 aromatic carbocycles. The maximum atomic E-state index is 5.52. The quantitative estimate of drug-likeness (QED) is 0.743. The summed E-state index contributed by atoms with van der Waals surface area (Å²) in [5, 5.41) is 2.31. The van der Waals surface area contributed by atoms with Crippen LogP contribution in [-0.4, -0.2) is 52.9 Å². The van der Waals surface area contributed by atoms with Crippen LogP contribution < -0.4 is 9.64 Å². The zero-order chi connectivity index (χ0) is 18.4. The van der Waals surface area contributed by atoms with Gasteiger partial charge in [0.25, 0.3) is 0 Å². The van der Waals surface area contributed by atoms with Gasteiger partial charge in [-0.3, -0.25) is 9.98 Å². The van der Waals surface area contributed by atoms with Crippen LogP contribution in [0, 0.1) is 0 Å². The number of hydrogen-bond acceptors (Lipinski definition) is 5. The van der Waals surface area contributed by atoms with Gasteiger partial charge in [0.1, 0.15) is 5.75 Å². The van der Waals surface area contributed by atoms with Crippen molar-refractivity contribution in [1.82, 2.24) is 0 Å². The number of aliphatic imine (C=N–C) groups is 2. The van der Waals surface area contributed by atoms with Crippen LogP contribution in [-0.2, 0) is 4.74 Å². The number of hydrogen-bond donors (Lipinski definition) is 0. The normalized spacial score (nSPS) is 15.6. The van der Waals surface area contributed by atoms with Crippen molar-refractivity contribution in [2.24, 2.45) is 9.98 Å². The summed E-state index contributed by atoms with van der Waals surface area (Å²) in [6, 6.07) is 10.5. The van der Waals surface area contributed by atoms with Crippen molar-refractivity contribution in [2.75, 3.05) is 44.9 Å². The molecule has 0 atom stereocenters. The Kier molecular flexibility index (Phi) is 6.02. The average molecular weight is 351 g/mol. The van der Waals surface area contributed by atoms with Crippen LogP contribution in [0.2, 0.25) is 0 Å². The van der Waals surface area contributed by atoms with Gasteiger partial charge in [-0.15, -0.1) is 0 Å². The second-order valence-electron chi connectivity index (χ2n) is 6.04. The van der Waals surface area contributed by atoms with Crippen LogP contribution >= 0.6 is 0 Å². The fraction of sp³-hybridized carbons (Fsp3) is 0.333. The minimum Gasteiger partial charge on any atom is -0.497 e. The average Bonchev–Trinajstić information content (AvgIpc) is 2.70. The Balaban J connectivity index is 2.14. The van der Waals surface area contributed by atoms with Gasteiger partial charge < -0.3 is 14.4 Å². The van der Waals surface area contributed by atoms with E-state index in [-0.39, 0.29) is 0 Å². The zero-order valence-corrected chi connectivity index (χ0v) is 15.4. The molecule has 5 nitrogen and oxygen atoms in total. The van der Waals surface area contributed by atoms with Crippen LogP contribution in [0.3, 0.4) is 0 Å². The lowest BCUT2D eigenvalue weighted by molar-refractivity contribution is 0.123. The SMILES string of the molecule is C=N/C(=C\C=NCC)c1cc(N2CCOCC2)c2cc(OC)ccc2c1. The molecule has 1 saturated heterocycles. The number of anilines is 1. The molecule has 1 fully saturated rings. The Labute approximate surface area is 154 Å². The molecule has 5 heteroatoms. The molecule has 0 aromatic heterocycles. The predicted octanol–water partition coefficient (Wildman–Crippen LogP) is 3.82. The van der Waals surface area contributed by atoms with E-state index in [1.54, 1.807) is 13.3 Å². The van der Waals surface area contributed by atoms with E-state index in [1.165, 1.54) is 11.1 Å². The number of methoxy groups -OCH3 is 1. The van der Waals surface area contributed by atoms with Crippen molar-refractivity contribution in [2.45, 2.75) is 6.92 Å². The lowest BCUT2D eigenvalue weighted by atomic mass is 10.0. The van der Waals surface area contributed by atoms with Gasteiger partial charge in [-0.2, -0.15) is 0 Å². The van der Waals surface area contributed by atoms with Crippen molar-refractivity contribution in [3.05, 3.63) is 42.0 Å². The highest BCUT2D eigenvalue weighted by molar-refractivity contribution is 5.99. The van der Waals surface area contributed by atoms with Crippen molar-refractivity contribution >= 4 is 35.1 Å². The van der Waals surface area contributed by atoms with E-state index in [1.807, 2.05) is 19.1 Å². The number of benzene rings is 2. The zero-order valence-electron chi connectivity index (χ0n) is 15.4. The number of morpholine rings is 1. The number of fused-ring (bicyclic) bond motifs is 1. The van der Waals surface area contributed by atoms with Gasteiger partial charge in [-0.05, 0) is 49.4 Å². The molecule has 0 spiro atoms. The van der Waals surface area contributed by atoms with Crippen molar-refractivity contribution < 1.29 is 9.47 Å². The van der Waals surface area contributed by atoms with Crippen molar-refractivity contribution in [3.8, 4) is 5.75 Å². The molecular weight excluding hydrogens is 326 g/mol. The highest BCUT2D eigenvalue weighted by Gasteiger charge is 2.16. The summed E-state index contributed by atoms with van der Waals surface area (Å²) in [5.41, 5.74) is 3.01. The maximum absolute atomic E-state index is 5.52. The first-order valence-corrected chi connectivity index (χ1v) is 8.88. The summed E-state index contributed by atoms with van der Waals surface area (Å²) in [4.78, 5) is 10.8. The molecule has 0 N–H and O–H groups in total. The molecule has 0 saturated carbocycles. The molecule has 0 bridgehead atoms. The van der Waals surface area contributed by atoms with E-state index < -0.39 is 0 Å². The second-order valence-corrected chi connectivity index (χ2v) is 6.04. The van der Waals surface area contributed by atoms with Gasteiger partial charge in [-0.1, -0.05) is 6.07 Å². The topological polar surface area (TPSA) is 46.4 Å². The van der Waals surface area contributed by atoms with E-state index in [4.69, 9.17) is 9.47 Å². The largest absolute Gasteiger partial charge is 0.497 e. The minimum atomic E-state index is 0.737. The summed E-state index contributed by atoms with van der Waals surface area (Å²) < 4.78 is 10.9. The summed E-state index contributed by atoms with van der Waals surface area (Å²) in [7, 11) is 1.69. The van der Waals surface area contributed by atoms with Crippen LogP contribution in [0.25, 0.3) is 16.5 Å². The van der Waals surface area contributed by atoms with Crippen molar-refractivity contribution in [3.63, 3.8) is 0 Å². The fourth-order valence-corrected chi connectivity index (χ4v) is 3.13. The van der Waals surface area contributed by atoms with Crippen LogP contribution in [0.1, 0.15) is 12.5 Å². The molecule has 0 radical (unpaired) electrons. The third-order valence-electron chi connectivity index (χ3n) is 4.48. The molecule has 0 amide bonds. The molecule has 0 unspecified atom stereocenters. The molecule has 2 aromatic rings. The first-order chi connectivity index (χ1) is 12.8. The van der Waals surface area contributed by atoms with Gasteiger partial charge in [0, 0.05) is 42.5 Å². The first-order valence-electron chi connectivity index (χ1n) is 8.88. The summed E-state index contributed by atoms with van der Waals surface area (Å²) >= 11 is 0. The standard InChI is InChI=1S/C21H25N3O2/c1-4-23-8-7-20(22-2)17-13-16-5-6-18(25-3)15-19(16)21(14-17)24-9-11-26-12-10-24/h5-8,13-15H,2,4,9-12H2,1,3H3/b20-7-,23-8?. The summed E-state index contributed by atoms with van der Waals surface area (Å²) in [6.07, 6.45) is 3.70. The molecule has 1 aliphatic rings. The lowest BCUT2D eigenvalue weighted by Crippen LogP contribution is -2.36. The molecule has 1 heterocycles. The van der Waals surface area contributed by atoms with Gasteiger partial charge in [-0.25, -0.2) is 0 Å². The molecular formula is C21H25N3O2. The third kappa shape index (κ3) is 3.94. The Morgan fingerprint density at radius 2 is 2.08 bits per heavy atom. The van der Waals surface area contributed by atoms with Gasteiger partial charge >= 0.3 is 0 Å². The van der Waals surface area contributed by atoms with E-state index >= 15 is 0 Å². The molecule has 26 heavy (non-hydrogen) atoms. The highest BCUT2D eigenvalue weighted by Crippen LogP contribution is 2.34. The Hall–Kier alpha value is -2.66. The predicted molar refractivity (Wildman–Crippen MR) is 110 cm³/mol.